The van der Waals surface area contributed by atoms with E-state index in [1.165, 1.54) is 17.4 Å². The molecule has 3 heterocycles. The van der Waals surface area contributed by atoms with Crippen LogP contribution < -0.4 is 11.2 Å². The Morgan fingerprint density at radius 1 is 0.967 bits per heavy atom. The van der Waals surface area contributed by atoms with E-state index >= 15 is 0 Å². The van der Waals surface area contributed by atoms with Crippen molar-refractivity contribution in [2.24, 2.45) is 0 Å². The van der Waals surface area contributed by atoms with E-state index in [0.717, 1.165) is 44.2 Å². The van der Waals surface area contributed by atoms with Crippen LogP contribution in [0.15, 0.2) is 22.0 Å². The third-order valence-electron chi connectivity index (χ3n) is 5.34. The van der Waals surface area contributed by atoms with Crippen molar-refractivity contribution in [2.45, 2.75) is 84.8 Å². The molecule has 0 spiro atoms. The maximum Gasteiger partial charge on any atom is 0.332 e. The zero-order chi connectivity index (χ0) is 21.5. The highest BCUT2D eigenvalue weighted by Crippen LogP contribution is 2.11. The Hall–Kier alpha value is -2.35. The first kappa shape index (κ1) is 22.3. The SMILES string of the molecule is CCCCCn1cc(CCCn2c(=O)c3[nH]c(Cl)nc3n(CCCCC)c2=O)cn1. The van der Waals surface area contributed by atoms with Crippen molar-refractivity contribution in [3.8, 4) is 0 Å². The van der Waals surface area contributed by atoms with E-state index in [4.69, 9.17) is 11.6 Å². The van der Waals surface area contributed by atoms with Gasteiger partial charge >= 0.3 is 5.69 Å². The molecule has 30 heavy (non-hydrogen) atoms. The number of hydrogen-bond donors (Lipinski definition) is 1. The zero-order valence-electron chi connectivity index (χ0n) is 17.9. The van der Waals surface area contributed by atoms with E-state index in [0.29, 0.717) is 30.7 Å². The van der Waals surface area contributed by atoms with Gasteiger partial charge in [-0.3, -0.25) is 18.6 Å². The Morgan fingerprint density at radius 3 is 2.40 bits per heavy atom. The largest absolute Gasteiger partial charge is 0.332 e. The third kappa shape index (κ3) is 5.22. The molecule has 0 aliphatic heterocycles. The van der Waals surface area contributed by atoms with Gasteiger partial charge in [0.2, 0.25) is 5.28 Å². The van der Waals surface area contributed by atoms with Crippen LogP contribution in [0.1, 0.15) is 64.4 Å². The Kier molecular flexibility index (Phi) is 7.90. The molecular formula is C21H31ClN6O2. The maximum atomic E-state index is 13.0. The molecule has 3 aromatic heterocycles. The van der Waals surface area contributed by atoms with Gasteiger partial charge in [0.05, 0.1) is 6.20 Å². The van der Waals surface area contributed by atoms with Crippen LogP contribution in [-0.2, 0) is 26.1 Å². The molecule has 0 radical (unpaired) electrons. The highest BCUT2D eigenvalue weighted by atomic mass is 35.5. The number of halogens is 1. The molecule has 9 heteroatoms. The molecule has 0 saturated carbocycles. The number of aromatic nitrogens is 6. The second kappa shape index (κ2) is 10.6. The minimum Gasteiger partial charge on any atom is -0.323 e. The Balaban J connectivity index is 1.74. The van der Waals surface area contributed by atoms with Crippen LogP contribution >= 0.6 is 11.6 Å². The smallest absolute Gasteiger partial charge is 0.323 e. The third-order valence-corrected chi connectivity index (χ3v) is 5.52. The van der Waals surface area contributed by atoms with Crippen molar-refractivity contribution in [1.82, 2.24) is 28.9 Å². The molecule has 8 nitrogen and oxygen atoms in total. The minimum atomic E-state index is -0.364. The van der Waals surface area contributed by atoms with E-state index in [1.807, 2.05) is 10.9 Å². The van der Waals surface area contributed by atoms with Gasteiger partial charge in [-0.05, 0) is 42.8 Å². The van der Waals surface area contributed by atoms with Crippen LogP contribution in [0.4, 0.5) is 0 Å². The fraction of sp³-hybridized carbons (Fsp3) is 0.619. The number of rotatable bonds is 12. The number of aryl methyl sites for hydroxylation is 3. The van der Waals surface area contributed by atoms with Crippen molar-refractivity contribution in [2.75, 3.05) is 0 Å². The first-order valence-corrected chi connectivity index (χ1v) is 11.3. The summed E-state index contributed by atoms with van der Waals surface area (Å²) in [5.74, 6) is 0. The van der Waals surface area contributed by atoms with E-state index in [9.17, 15) is 9.59 Å². The first-order valence-electron chi connectivity index (χ1n) is 10.9. The van der Waals surface area contributed by atoms with Crippen molar-refractivity contribution in [1.29, 1.82) is 0 Å². The molecule has 1 N–H and O–H groups in total. The standard InChI is InChI=1S/C21H31ClN6O2/c1-3-5-7-11-26-15-16(14-23-26)10-9-13-28-19(29)17-18(25-20(22)24-17)27(21(28)30)12-8-6-4-2/h14-15H,3-13H2,1-2H3,(H,24,25). The molecule has 164 valence electrons. The summed E-state index contributed by atoms with van der Waals surface area (Å²) in [5, 5.41) is 4.53. The summed E-state index contributed by atoms with van der Waals surface area (Å²) in [7, 11) is 0. The van der Waals surface area contributed by atoms with E-state index in [2.05, 4.69) is 35.1 Å². The van der Waals surface area contributed by atoms with Crippen LogP contribution in [0.2, 0.25) is 5.28 Å². The number of nitrogens with one attached hydrogen (secondary N) is 1. The topological polar surface area (TPSA) is 90.5 Å². The van der Waals surface area contributed by atoms with Crippen LogP contribution in [0, 0.1) is 0 Å². The van der Waals surface area contributed by atoms with Gasteiger partial charge < -0.3 is 4.98 Å². The number of aromatic amines is 1. The lowest BCUT2D eigenvalue weighted by atomic mass is 10.2. The van der Waals surface area contributed by atoms with Gasteiger partial charge in [-0.2, -0.15) is 10.1 Å². The molecule has 0 aliphatic carbocycles. The predicted octanol–water partition coefficient (Wildman–Crippen LogP) is 3.75. The van der Waals surface area contributed by atoms with E-state index in [-0.39, 0.29) is 16.5 Å². The second-order valence-corrected chi connectivity index (χ2v) is 8.10. The van der Waals surface area contributed by atoms with E-state index < -0.39 is 0 Å². The van der Waals surface area contributed by atoms with Crippen molar-refractivity contribution >= 4 is 22.8 Å². The summed E-state index contributed by atoms with van der Waals surface area (Å²) >= 11 is 5.99. The zero-order valence-corrected chi connectivity index (χ0v) is 18.6. The van der Waals surface area contributed by atoms with Gasteiger partial charge in [0.1, 0.15) is 0 Å². The predicted molar refractivity (Wildman–Crippen MR) is 119 cm³/mol. The highest BCUT2D eigenvalue weighted by Gasteiger charge is 2.16. The average Bonchev–Trinajstić information content (AvgIpc) is 3.34. The van der Waals surface area contributed by atoms with Gasteiger partial charge in [-0.15, -0.1) is 0 Å². The Bertz CT molecular complexity index is 1080. The lowest BCUT2D eigenvalue weighted by molar-refractivity contribution is 0.526. The monoisotopic (exact) mass is 434 g/mol. The van der Waals surface area contributed by atoms with Gasteiger partial charge in [0.25, 0.3) is 5.56 Å². The molecule has 0 atom stereocenters. The molecular weight excluding hydrogens is 404 g/mol. The highest BCUT2D eigenvalue weighted by molar-refractivity contribution is 6.28. The van der Waals surface area contributed by atoms with Crippen LogP contribution in [0.3, 0.4) is 0 Å². The Morgan fingerprint density at radius 2 is 1.67 bits per heavy atom. The van der Waals surface area contributed by atoms with Crippen LogP contribution in [-0.4, -0.2) is 28.9 Å². The molecule has 0 unspecified atom stereocenters. The summed E-state index contributed by atoms with van der Waals surface area (Å²) < 4.78 is 4.84. The van der Waals surface area contributed by atoms with Gasteiger partial charge in [-0.1, -0.05) is 39.5 Å². The van der Waals surface area contributed by atoms with Crippen molar-refractivity contribution < 1.29 is 0 Å². The summed E-state index contributed by atoms with van der Waals surface area (Å²) in [5.41, 5.74) is 1.07. The summed E-state index contributed by atoms with van der Waals surface area (Å²) in [6.45, 7) is 6.08. The molecule has 0 aromatic carbocycles. The summed E-state index contributed by atoms with van der Waals surface area (Å²) in [4.78, 5) is 32.8. The molecule has 0 fully saturated rings. The summed E-state index contributed by atoms with van der Waals surface area (Å²) in [6.07, 6.45) is 11.8. The number of H-pyrrole nitrogens is 1. The maximum absolute atomic E-state index is 13.0. The number of unbranched alkanes of at least 4 members (excludes halogenated alkanes) is 4. The molecule has 0 aliphatic rings. The molecule has 3 aromatic rings. The van der Waals surface area contributed by atoms with Crippen LogP contribution in [0.5, 0.6) is 0 Å². The molecule has 0 saturated heterocycles. The van der Waals surface area contributed by atoms with Crippen molar-refractivity contribution in [3.05, 3.63) is 44.1 Å². The number of imidazole rings is 1. The number of hydrogen-bond acceptors (Lipinski definition) is 4. The lowest BCUT2D eigenvalue weighted by Gasteiger charge is -2.11. The molecule has 3 rings (SSSR count). The first-order chi connectivity index (χ1) is 14.5. The fourth-order valence-electron chi connectivity index (χ4n) is 3.68. The minimum absolute atomic E-state index is 0.124. The number of nitrogens with zero attached hydrogens (tertiary/aromatic N) is 5. The quantitative estimate of drug-likeness (QED) is 0.347. The van der Waals surface area contributed by atoms with Gasteiger partial charge in [-0.25, -0.2) is 4.79 Å². The number of fused-ring (bicyclic) bond motifs is 1. The lowest BCUT2D eigenvalue weighted by Crippen LogP contribution is -2.40. The molecule has 0 amide bonds. The normalized spacial score (nSPS) is 11.6. The fourth-order valence-corrected chi connectivity index (χ4v) is 3.85. The second-order valence-electron chi connectivity index (χ2n) is 7.75. The van der Waals surface area contributed by atoms with E-state index in [1.54, 1.807) is 4.57 Å². The van der Waals surface area contributed by atoms with Crippen LogP contribution in [0.25, 0.3) is 11.2 Å². The summed E-state index contributed by atoms with van der Waals surface area (Å²) in [6, 6.07) is 0. The Labute approximate surface area is 180 Å². The molecule has 0 bridgehead atoms. The van der Waals surface area contributed by atoms with Gasteiger partial charge in [0, 0.05) is 25.8 Å². The average molecular weight is 435 g/mol. The van der Waals surface area contributed by atoms with Crippen molar-refractivity contribution in [3.63, 3.8) is 0 Å². The van der Waals surface area contributed by atoms with Gasteiger partial charge in [0.15, 0.2) is 11.2 Å².